The van der Waals surface area contributed by atoms with E-state index in [1.165, 1.54) is 11.2 Å². The van der Waals surface area contributed by atoms with Gasteiger partial charge in [0.05, 0.1) is 0 Å². The second-order valence-electron chi connectivity index (χ2n) is 5.85. The molecule has 1 aliphatic heterocycles. The fraction of sp³-hybridized carbons (Fsp3) is 0.692. The number of nitrogens with zero attached hydrogens (tertiary/aromatic N) is 2. The highest BCUT2D eigenvalue weighted by Gasteiger charge is 2.44. The maximum absolute atomic E-state index is 12.8. The molecule has 1 saturated heterocycles. The van der Waals surface area contributed by atoms with E-state index in [1.807, 2.05) is 0 Å². The smallest absolute Gasteiger partial charge is 0.340 e. The summed E-state index contributed by atoms with van der Waals surface area (Å²) in [7, 11) is -3.85. The minimum atomic E-state index is -3.85. The molecule has 1 aromatic heterocycles. The lowest BCUT2D eigenvalue weighted by atomic mass is 9.86. The van der Waals surface area contributed by atoms with E-state index in [0.29, 0.717) is 12.5 Å². The molecule has 2 N–H and O–H groups in total. The number of aryl methyl sites for hydroxylation is 1. The van der Waals surface area contributed by atoms with Gasteiger partial charge in [-0.05, 0) is 32.1 Å². The Morgan fingerprint density at radius 1 is 1.33 bits per heavy atom. The van der Waals surface area contributed by atoms with E-state index in [1.54, 1.807) is 0 Å². The first-order chi connectivity index (χ1) is 9.93. The lowest BCUT2D eigenvalue weighted by molar-refractivity contribution is 0.0691. The quantitative estimate of drug-likeness (QED) is 0.877. The summed E-state index contributed by atoms with van der Waals surface area (Å²) < 4.78 is 27.1. The van der Waals surface area contributed by atoms with Crippen LogP contribution < -0.4 is 0 Å². The minimum absolute atomic E-state index is 0.00222. The Bertz CT molecular complexity index is 667. The van der Waals surface area contributed by atoms with Gasteiger partial charge in [-0.2, -0.15) is 9.40 Å². The fourth-order valence-corrected chi connectivity index (χ4v) is 5.48. The maximum Gasteiger partial charge on any atom is 0.340 e. The number of hydrogen-bond donors (Lipinski definition) is 2. The molecule has 2 fully saturated rings. The van der Waals surface area contributed by atoms with Gasteiger partial charge in [-0.25, -0.2) is 13.2 Å². The third-order valence-corrected chi connectivity index (χ3v) is 6.49. The number of aromatic amines is 1. The zero-order valence-corrected chi connectivity index (χ0v) is 12.7. The summed E-state index contributed by atoms with van der Waals surface area (Å²) in [5.41, 5.74) is 0.0229. The molecule has 8 heteroatoms. The first-order valence-corrected chi connectivity index (χ1v) is 8.67. The highest BCUT2D eigenvalue weighted by atomic mass is 32.2. The number of sulfonamides is 1. The number of carboxylic acid groups (broad SMARTS) is 1. The molecule has 3 rings (SSSR count). The average Bonchev–Trinajstić information content (AvgIpc) is 3.02. The largest absolute Gasteiger partial charge is 0.478 e. The van der Waals surface area contributed by atoms with Crippen LogP contribution in [0, 0.1) is 12.8 Å². The number of aromatic nitrogens is 2. The molecule has 0 bridgehead atoms. The molecule has 21 heavy (non-hydrogen) atoms. The van der Waals surface area contributed by atoms with Crippen LogP contribution in [0.1, 0.15) is 48.2 Å². The van der Waals surface area contributed by atoms with Crippen molar-refractivity contribution in [2.75, 3.05) is 6.54 Å². The lowest BCUT2D eigenvalue weighted by Gasteiger charge is -2.30. The van der Waals surface area contributed by atoms with E-state index in [-0.39, 0.29) is 22.3 Å². The van der Waals surface area contributed by atoms with Crippen LogP contribution in [0.15, 0.2) is 5.03 Å². The Kier molecular flexibility index (Phi) is 3.53. The number of H-pyrrole nitrogens is 1. The molecule has 0 radical (unpaired) electrons. The normalized spacial score (nSPS) is 26.7. The number of fused-ring (bicyclic) bond motifs is 1. The number of carboxylic acids is 1. The van der Waals surface area contributed by atoms with Crippen LogP contribution in [0.25, 0.3) is 0 Å². The number of rotatable bonds is 3. The first-order valence-electron chi connectivity index (χ1n) is 7.23. The van der Waals surface area contributed by atoms with Crippen LogP contribution in [0.2, 0.25) is 0 Å². The number of hydrogen-bond acceptors (Lipinski definition) is 4. The predicted octanol–water partition coefficient (Wildman–Crippen LogP) is 1.37. The Morgan fingerprint density at radius 3 is 2.76 bits per heavy atom. The topological polar surface area (TPSA) is 103 Å². The van der Waals surface area contributed by atoms with Crippen molar-refractivity contribution in [3.63, 3.8) is 0 Å². The van der Waals surface area contributed by atoms with Crippen LogP contribution in [0.4, 0.5) is 0 Å². The fourth-order valence-electron chi connectivity index (χ4n) is 3.62. The van der Waals surface area contributed by atoms with Gasteiger partial charge in [-0.15, -0.1) is 0 Å². The summed E-state index contributed by atoms with van der Waals surface area (Å²) in [4.78, 5) is 11.3. The zero-order chi connectivity index (χ0) is 15.2. The Hall–Kier alpha value is -1.41. The molecular weight excluding hydrogens is 294 g/mol. The molecule has 2 atom stereocenters. The first kappa shape index (κ1) is 14.5. The molecule has 1 aromatic rings. The zero-order valence-electron chi connectivity index (χ0n) is 11.9. The van der Waals surface area contributed by atoms with Gasteiger partial charge in [0.1, 0.15) is 5.56 Å². The summed E-state index contributed by atoms with van der Waals surface area (Å²) in [6.45, 7) is 1.98. The predicted molar refractivity (Wildman–Crippen MR) is 74.5 cm³/mol. The molecule has 1 saturated carbocycles. The van der Waals surface area contributed by atoms with Crippen molar-refractivity contribution in [2.45, 2.75) is 50.1 Å². The monoisotopic (exact) mass is 313 g/mol. The second kappa shape index (κ2) is 5.10. The van der Waals surface area contributed by atoms with Crippen molar-refractivity contribution in [3.05, 3.63) is 11.3 Å². The standard InChI is InChI=1S/C13H19N3O4S/c1-8-11(13(17)18)12(15-14-8)21(19,20)16-7-6-9-4-2-3-5-10(9)16/h9-10H,2-7H2,1H3,(H,14,15)(H,17,18). The van der Waals surface area contributed by atoms with E-state index in [9.17, 15) is 18.3 Å². The van der Waals surface area contributed by atoms with Gasteiger partial charge in [0.25, 0.3) is 10.0 Å². The molecule has 1 aliphatic carbocycles. The van der Waals surface area contributed by atoms with Gasteiger partial charge in [0.2, 0.25) is 5.03 Å². The SMILES string of the molecule is Cc1[nH]nc(S(=O)(=O)N2CCC3CCCCC32)c1C(=O)O. The molecule has 2 aliphatic rings. The Labute approximate surface area is 123 Å². The van der Waals surface area contributed by atoms with Gasteiger partial charge >= 0.3 is 5.97 Å². The third-order valence-electron chi connectivity index (χ3n) is 4.64. The van der Waals surface area contributed by atoms with Crippen molar-refractivity contribution < 1.29 is 18.3 Å². The second-order valence-corrected chi connectivity index (χ2v) is 7.66. The molecule has 0 aromatic carbocycles. The molecule has 2 heterocycles. The summed E-state index contributed by atoms with van der Waals surface area (Å²) >= 11 is 0. The van der Waals surface area contributed by atoms with Crippen molar-refractivity contribution in [1.82, 2.24) is 14.5 Å². The van der Waals surface area contributed by atoms with E-state index < -0.39 is 16.0 Å². The Morgan fingerprint density at radius 2 is 2.05 bits per heavy atom. The number of nitrogens with one attached hydrogen (secondary N) is 1. The maximum atomic E-state index is 12.8. The third kappa shape index (κ3) is 2.26. The highest BCUT2D eigenvalue weighted by Crippen LogP contribution is 2.39. The molecule has 116 valence electrons. The van der Waals surface area contributed by atoms with Gasteiger partial charge in [0.15, 0.2) is 0 Å². The molecule has 2 unspecified atom stereocenters. The number of carbonyl (C=O) groups is 1. The van der Waals surface area contributed by atoms with Gasteiger partial charge in [-0.1, -0.05) is 12.8 Å². The van der Waals surface area contributed by atoms with E-state index in [4.69, 9.17) is 0 Å². The van der Waals surface area contributed by atoms with Gasteiger partial charge in [0, 0.05) is 18.3 Å². The Balaban J connectivity index is 2.00. The van der Waals surface area contributed by atoms with Crippen molar-refractivity contribution in [1.29, 1.82) is 0 Å². The lowest BCUT2D eigenvalue weighted by Crippen LogP contribution is -2.39. The van der Waals surface area contributed by atoms with E-state index >= 15 is 0 Å². The summed E-state index contributed by atoms with van der Waals surface area (Å²) in [5, 5.41) is 15.1. The van der Waals surface area contributed by atoms with Crippen molar-refractivity contribution >= 4 is 16.0 Å². The summed E-state index contributed by atoms with van der Waals surface area (Å²) in [6, 6.07) is 0.00222. The highest BCUT2D eigenvalue weighted by molar-refractivity contribution is 7.89. The van der Waals surface area contributed by atoms with E-state index in [0.717, 1.165) is 32.1 Å². The van der Waals surface area contributed by atoms with Crippen LogP contribution >= 0.6 is 0 Å². The number of aromatic carboxylic acids is 1. The summed E-state index contributed by atoms with van der Waals surface area (Å²) in [5.74, 6) is -0.860. The van der Waals surface area contributed by atoms with E-state index in [2.05, 4.69) is 10.2 Å². The summed E-state index contributed by atoms with van der Waals surface area (Å²) in [6.07, 6.45) is 4.95. The average molecular weight is 313 g/mol. The molecular formula is C13H19N3O4S. The molecule has 0 spiro atoms. The van der Waals surface area contributed by atoms with Gasteiger partial charge < -0.3 is 5.11 Å². The minimum Gasteiger partial charge on any atom is -0.478 e. The van der Waals surface area contributed by atoms with Crippen LogP contribution in [0.3, 0.4) is 0 Å². The molecule has 7 nitrogen and oxygen atoms in total. The van der Waals surface area contributed by atoms with Gasteiger partial charge in [-0.3, -0.25) is 5.10 Å². The van der Waals surface area contributed by atoms with Crippen molar-refractivity contribution in [2.24, 2.45) is 5.92 Å². The molecule has 0 amide bonds. The van der Waals surface area contributed by atoms with Crippen LogP contribution in [-0.2, 0) is 10.0 Å². The van der Waals surface area contributed by atoms with Crippen LogP contribution in [0.5, 0.6) is 0 Å². The van der Waals surface area contributed by atoms with Crippen molar-refractivity contribution in [3.8, 4) is 0 Å². The van der Waals surface area contributed by atoms with Crippen LogP contribution in [-0.4, -0.2) is 46.6 Å².